The zero-order chi connectivity index (χ0) is 13.1. The van der Waals surface area contributed by atoms with Crippen molar-refractivity contribution in [2.45, 2.75) is 13.5 Å². The number of halogens is 3. The molecule has 2 aromatic rings. The van der Waals surface area contributed by atoms with Gasteiger partial charge in [0.2, 0.25) is 0 Å². The average Bonchev–Trinajstić information content (AvgIpc) is 2.37. The van der Waals surface area contributed by atoms with Gasteiger partial charge in [-0.3, -0.25) is 0 Å². The van der Waals surface area contributed by atoms with E-state index in [9.17, 15) is 0 Å². The normalized spacial score (nSPS) is 10.4. The van der Waals surface area contributed by atoms with Crippen molar-refractivity contribution < 1.29 is 0 Å². The lowest BCUT2D eigenvalue weighted by Gasteiger charge is -2.11. The maximum atomic E-state index is 6.15. The highest BCUT2D eigenvalue weighted by Crippen LogP contribution is 2.33. The molecule has 0 radical (unpaired) electrons. The zero-order valence-corrected chi connectivity index (χ0v) is 12.1. The quantitative estimate of drug-likeness (QED) is 0.731. The van der Waals surface area contributed by atoms with Crippen LogP contribution in [-0.2, 0) is 6.54 Å². The first-order chi connectivity index (χ1) is 8.59. The third kappa shape index (κ3) is 2.92. The first kappa shape index (κ1) is 13.5. The maximum Gasteiger partial charge on any atom is 0.0781 e. The average molecular weight is 301 g/mol. The highest BCUT2D eigenvalue weighted by atomic mass is 35.5. The van der Waals surface area contributed by atoms with Gasteiger partial charge in [0.15, 0.2) is 0 Å². The number of hydrogen-bond donors (Lipinski definition) is 1. The SMILES string of the molecule is Cc1ccccc1NCc1ccc(Cl)c(Cl)c1Cl. The van der Waals surface area contributed by atoms with E-state index in [0.29, 0.717) is 21.6 Å². The van der Waals surface area contributed by atoms with Crippen LogP contribution in [0.25, 0.3) is 0 Å². The number of hydrogen-bond acceptors (Lipinski definition) is 1. The molecule has 0 bridgehead atoms. The molecule has 0 atom stereocenters. The largest absolute Gasteiger partial charge is 0.381 e. The third-order valence-electron chi connectivity index (χ3n) is 2.73. The first-order valence-electron chi connectivity index (χ1n) is 5.51. The van der Waals surface area contributed by atoms with Gasteiger partial charge in [0, 0.05) is 12.2 Å². The van der Waals surface area contributed by atoms with Crippen LogP contribution >= 0.6 is 34.8 Å². The molecule has 0 aliphatic carbocycles. The zero-order valence-electron chi connectivity index (χ0n) is 9.81. The summed E-state index contributed by atoms with van der Waals surface area (Å²) in [6, 6.07) is 11.7. The van der Waals surface area contributed by atoms with Crippen LogP contribution in [0.5, 0.6) is 0 Å². The van der Waals surface area contributed by atoms with Crippen LogP contribution in [0, 0.1) is 6.92 Å². The Hall–Kier alpha value is -0.890. The summed E-state index contributed by atoms with van der Waals surface area (Å²) in [5, 5.41) is 4.71. The summed E-state index contributed by atoms with van der Waals surface area (Å²) in [6.07, 6.45) is 0. The Morgan fingerprint density at radius 2 is 1.67 bits per heavy atom. The van der Waals surface area contributed by atoms with Gasteiger partial charge in [-0.05, 0) is 30.2 Å². The van der Waals surface area contributed by atoms with Crippen LogP contribution < -0.4 is 5.32 Å². The second-order valence-electron chi connectivity index (χ2n) is 4.00. The molecule has 1 nitrogen and oxygen atoms in total. The molecule has 0 aliphatic rings. The fourth-order valence-corrected chi connectivity index (χ4v) is 2.29. The lowest BCUT2D eigenvalue weighted by atomic mass is 10.2. The highest BCUT2D eigenvalue weighted by Gasteiger charge is 2.08. The van der Waals surface area contributed by atoms with E-state index in [1.807, 2.05) is 24.3 Å². The van der Waals surface area contributed by atoms with E-state index in [4.69, 9.17) is 34.8 Å². The number of para-hydroxylation sites is 1. The predicted molar refractivity (Wildman–Crippen MR) is 80.0 cm³/mol. The van der Waals surface area contributed by atoms with Crippen LogP contribution in [0.2, 0.25) is 15.1 Å². The molecule has 0 spiro atoms. The van der Waals surface area contributed by atoms with Crippen molar-refractivity contribution in [3.05, 3.63) is 62.6 Å². The van der Waals surface area contributed by atoms with Crippen molar-refractivity contribution in [2.24, 2.45) is 0 Å². The van der Waals surface area contributed by atoms with Crippen molar-refractivity contribution in [1.82, 2.24) is 0 Å². The summed E-state index contributed by atoms with van der Waals surface area (Å²) in [4.78, 5) is 0. The summed E-state index contributed by atoms with van der Waals surface area (Å²) in [5.41, 5.74) is 3.20. The predicted octanol–water partition coefficient (Wildman–Crippen LogP) is 5.57. The minimum Gasteiger partial charge on any atom is -0.381 e. The second-order valence-corrected chi connectivity index (χ2v) is 5.17. The summed E-state index contributed by atoms with van der Waals surface area (Å²) < 4.78 is 0. The van der Waals surface area contributed by atoms with Gasteiger partial charge in [0.25, 0.3) is 0 Å². The number of aryl methyl sites for hydroxylation is 1. The number of nitrogens with one attached hydrogen (secondary N) is 1. The van der Waals surface area contributed by atoms with E-state index in [0.717, 1.165) is 11.3 Å². The number of anilines is 1. The van der Waals surface area contributed by atoms with Gasteiger partial charge in [-0.1, -0.05) is 59.1 Å². The van der Waals surface area contributed by atoms with Gasteiger partial charge in [-0.15, -0.1) is 0 Å². The Kier molecular flexibility index (Phi) is 4.39. The van der Waals surface area contributed by atoms with Gasteiger partial charge in [-0.25, -0.2) is 0 Å². The Morgan fingerprint density at radius 3 is 2.39 bits per heavy atom. The van der Waals surface area contributed by atoms with Crippen molar-refractivity contribution in [1.29, 1.82) is 0 Å². The lowest BCUT2D eigenvalue weighted by molar-refractivity contribution is 1.14. The van der Waals surface area contributed by atoms with Crippen LogP contribution in [0.15, 0.2) is 36.4 Å². The fourth-order valence-electron chi connectivity index (χ4n) is 1.66. The Labute approximate surface area is 122 Å². The molecular formula is C14H12Cl3N. The molecule has 2 aromatic carbocycles. The molecule has 0 saturated heterocycles. The molecule has 2 rings (SSSR count). The summed E-state index contributed by atoms with van der Waals surface area (Å²) >= 11 is 18.0. The first-order valence-corrected chi connectivity index (χ1v) is 6.65. The lowest BCUT2D eigenvalue weighted by Crippen LogP contribution is -2.01. The van der Waals surface area contributed by atoms with Crippen LogP contribution in [0.4, 0.5) is 5.69 Å². The second kappa shape index (κ2) is 5.83. The molecule has 1 N–H and O–H groups in total. The smallest absolute Gasteiger partial charge is 0.0781 e. The van der Waals surface area contributed by atoms with Crippen LogP contribution in [0.1, 0.15) is 11.1 Å². The minimum absolute atomic E-state index is 0.405. The summed E-state index contributed by atoms with van der Waals surface area (Å²) in [5.74, 6) is 0. The summed E-state index contributed by atoms with van der Waals surface area (Å²) in [6.45, 7) is 2.67. The van der Waals surface area contributed by atoms with E-state index in [1.54, 1.807) is 6.07 Å². The van der Waals surface area contributed by atoms with E-state index in [2.05, 4.69) is 18.3 Å². The molecule has 4 heteroatoms. The van der Waals surface area contributed by atoms with Crippen molar-refractivity contribution in [3.63, 3.8) is 0 Å². The monoisotopic (exact) mass is 299 g/mol. The Balaban J connectivity index is 2.17. The molecular weight excluding hydrogens is 289 g/mol. The van der Waals surface area contributed by atoms with Gasteiger partial charge in [0.1, 0.15) is 0 Å². The minimum atomic E-state index is 0.405. The van der Waals surface area contributed by atoms with E-state index in [1.165, 1.54) is 5.56 Å². The molecule has 0 fully saturated rings. The number of benzene rings is 2. The maximum absolute atomic E-state index is 6.15. The van der Waals surface area contributed by atoms with E-state index < -0.39 is 0 Å². The molecule has 18 heavy (non-hydrogen) atoms. The van der Waals surface area contributed by atoms with Gasteiger partial charge >= 0.3 is 0 Å². The highest BCUT2D eigenvalue weighted by molar-refractivity contribution is 6.48. The third-order valence-corrected chi connectivity index (χ3v) is 4.06. The van der Waals surface area contributed by atoms with Gasteiger partial charge in [0.05, 0.1) is 15.1 Å². The van der Waals surface area contributed by atoms with Crippen molar-refractivity contribution in [3.8, 4) is 0 Å². The molecule has 0 aliphatic heterocycles. The molecule has 0 amide bonds. The van der Waals surface area contributed by atoms with Crippen molar-refractivity contribution >= 4 is 40.5 Å². The molecule has 94 valence electrons. The van der Waals surface area contributed by atoms with Crippen molar-refractivity contribution in [2.75, 3.05) is 5.32 Å². The number of rotatable bonds is 3. The topological polar surface area (TPSA) is 12.0 Å². The Bertz CT molecular complexity index is 567. The molecule has 0 saturated carbocycles. The molecule has 0 aromatic heterocycles. The van der Waals surface area contributed by atoms with Crippen LogP contribution in [0.3, 0.4) is 0 Å². The van der Waals surface area contributed by atoms with Crippen LogP contribution in [-0.4, -0.2) is 0 Å². The van der Waals surface area contributed by atoms with E-state index >= 15 is 0 Å². The standard InChI is InChI=1S/C14H12Cl3N/c1-9-4-2-3-5-12(9)18-8-10-6-7-11(15)14(17)13(10)16/h2-7,18H,8H2,1H3. The van der Waals surface area contributed by atoms with Gasteiger partial charge < -0.3 is 5.32 Å². The van der Waals surface area contributed by atoms with Gasteiger partial charge in [-0.2, -0.15) is 0 Å². The molecule has 0 heterocycles. The van der Waals surface area contributed by atoms with E-state index in [-0.39, 0.29) is 0 Å². The fraction of sp³-hybridized carbons (Fsp3) is 0.143. The molecule has 0 unspecified atom stereocenters. The summed E-state index contributed by atoms with van der Waals surface area (Å²) in [7, 11) is 0. The Morgan fingerprint density at radius 1 is 0.944 bits per heavy atom.